The van der Waals surface area contributed by atoms with Gasteiger partial charge in [0, 0.05) is 24.1 Å². The summed E-state index contributed by atoms with van der Waals surface area (Å²) >= 11 is 3.52. The lowest BCUT2D eigenvalue weighted by molar-refractivity contribution is 0.548. The summed E-state index contributed by atoms with van der Waals surface area (Å²) in [5.41, 5.74) is 4.12. The lowest BCUT2D eigenvalue weighted by Gasteiger charge is -2.27. The highest BCUT2D eigenvalue weighted by Gasteiger charge is 2.09. The molecule has 17 heavy (non-hydrogen) atoms. The lowest BCUT2D eigenvalue weighted by Crippen LogP contribution is -2.28. The minimum atomic E-state index is 0.756. The molecule has 96 valence electrons. The Labute approximate surface area is 114 Å². The van der Waals surface area contributed by atoms with Gasteiger partial charge in [0.05, 0.1) is 0 Å². The number of hydrogen-bond donors (Lipinski definition) is 0. The zero-order valence-electron chi connectivity index (χ0n) is 11.5. The van der Waals surface area contributed by atoms with Crippen LogP contribution in [0.4, 0.5) is 5.69 Å². The maximum absolute atomic E-state index is 3.52. The van der Waals surface area contributed by atoms with Crippen LogP contribution < -0.4 is 4.90 Å². The first-order valence-corrected chi connectivity index (χ1v) is 7.64. The van der Waals surface area contributed by atoms with Crippen LogP contribution >= 0.6 is 15.9 Å². The Balaban J connectivity index is 2.85. The van der Waals surface area contributed by atoms with Gasteiger partial charge in [0.2, 0.25) is 0 Å². The lowest BCUT2D eigenvalue weighted by atomic mass is 10.1. The predicted octanol–water partition coefficient (Wildman–Crippen LogP) is 4.76. The van der Waals surface area contributed by atoms with Crippen molar-refractivity contribution in [2.45, 2.75) is 39.4 Å². The molecular formula is C15H24BrN. The monoisotopic (exact) mass is 297 g/mol. The van der Waals surface area contributed by atoms with E-state index in [-0.39, 0.29) is 0 Å². The Kier molecular flexibility index (Phi) is 6.04. The zero-order valence-corrected chi connectivity index (χ0v) is 13.0. The molecule has 0 aliphatic rings. The highest BCUT2D eigenvalue weighted by Crippen LogP contribution is 2.22. The molecule has 1 aromatic carbocycles. The summed E-state index contributed by atoms with van der Waals surface area (Å²) in [5, 5.41) is 0.941. The summed E-state index contributed by atoms with van der Waals surface area (Å²) in [4.78, 5) is 2.47. The van der Waals surface area contributed by atoms with Gasteiger partial charge < -0.3 is 4.90 Å². The van der Waals surface area contributed by atoms with Gasteiger partial charge in [-0.05, 0) is 43.0 Å². The van der Waals surface area contributed by atoms with E-state index in [1.54, 1.807) is 0 Å². The molecule has 0 saturated heterocycles. The van der Waals surface area contributed by atoms with E-state index < -0.39 is 0 Å². The molecule has 0 aromatic heterocycles. The van der Waals surface area contributed by atoms with Crippen molar-refractivity contribution in [1.29, 1.82) is 0 Å². The third-order valence-electron chi connectivity index (χ3n) is 3.45. The Morgan fingerprint density at radius 1 is 1.29 bits per heavy atom. The molecule has 0 fully saturated rings. The van der Waals surface area contributed by atoms with Crippen LogP contribution in [0.1, 0.15) is 38.3 Å². The molecule has 0 bridgehead atoms. The quantitative estimate of drug-likeness (QED) is 0.684. The summed E-state index contributed by atoms with van der Waals surface area (Å²) in [6.07, 6.45) is 1.25. The average Bonchev–Trinajstić information content (AvgIpc) is 2.35. The molecule has 0 N–H and O–H groups in total. The molecule has 0 aliphatic heterocycles. The molecular weight excluding hydrogens is 274 g/mol. The molecule has 0 heterocycles. The summed E-state index contributed by atoms with van der Waals surface area (Å²) in [6.45, 7) is 11.2. The first-order valence-electron chi connectivity index (χ1n) is 6.52. The molecule has 0 amide bonds. The largest absolute Gasteiger partial charge is 0.372 e. The number of anilines is 1. The first kappa shape index (κ1) is 14.6. The molecule has 0 spiro atoms. The van der Waals surface area contributed by atoms with Crippen molar-refractivity contribution in [2.75, 3.05) is 18.0 Å². The second-order valence-electron chi connectivity index (χ2n) is 4.80. The Bertz CT molecular complexity index is 349. The van der Waals surface area contributed by atoms with Crippen molar-refractivity contribution in [3.63, 3.8) is 0 Å². The van der Waals surface area contributed by atoms with E-state index in [2.05, 4.69) is 66.7 Å². The highest BCUT2D eigenvalue weighted by molar-refractivity contribution is 9.08. The van der Waals surface area contributed by atoms with Crippen LogP contribution in [-0.2, 0) is 5.33 Å². The van der Waals surface area contributed by atoms with E-state index in [4.69, 9.17) is 0 Å². The molecule has 0 radical (unpaired) electrons. The van der Waals surface area contributed by atoms with Gasteiger partial charge in [0.1, 0.15) is 0 Å². The summed E-state index contributed by atoms with van der Waals surface area (Å²) in [6, 6.07) is 6.79. The van der Waals surface area contributed by atoms with Gasteiger partial charge >= 0.3 is 0 Å². The number of halogens is 1. The van der Waals surface area contributed by atoms with Crippen LogP contribution in [0.15, 0.2) is 18.2 Å². The number of hydrogen-bond acceptors (Lipinski definition) is 1. The van der Waals surface area contributed by atoms with E-state index in [0.29, 0.717) is 0 Å². The van der Waals surface area contributed by atoms with Gasteiger partial charge in [-0.2, -0.15) is 0 Å². The van der Waals surface area contributed by atoms with Gasteiger partial charge in [0.15, 0.2) is 0 Å². The standard InChI is InChI=1S/C15H24BrN/c1-5-12(3)11-17(6-2)15-8-7-14(10-16)13(4)9-15/h7-9,12H,5-6,10-11H2,1-4H3. The smallest absolute Gasteiger partial charge is 0.0369 e. The van der Waals surface area contributed by atoms with Crippen molar-refractivity contribution < 1.29 is 0 Å². The number of rotatable bonds is 6. The highest BCUT2D eigenvalue weighted by atomic mass is 79.9. The maximum atomic E-state index is 3.52. The van der Waals surface area contributed by atoms with Gasteiger partial charge in [0.25, 0.3) is 0 Å². The molecule has 1 nitrogen and oxygen atoms in total. The number of aryl methyl sites for hydroxylation is 1. The summed E-state index contributed by atoms with van der Waals surface area (Å²) in [7, 11) is 0. The normalized spacial score (nSPS) is 12.5. The Morgan fingerprint density at radius 3 is 2.47 bits per heavy atom. The van der Waals surface area contributed by atoms with E-state index in [0.717, 1.165) is 24.3 Å². The zero-order chi connectivity index (χ0) is 12.8. The van der Waals surface area contributed by atoms with Crippen LogP contribution in [0.2, 0.25) is 0 Å². The van der Waals surface area contributed by atoms with Crippen LogP contribution in [0, 0.1) is 12.8 Å². The average molecular weight is 298 g/mol. The second kappa shape index (κ2) is 7.05. The third-order valence-corrected chi connectivity index (χ3v) is 4.05. The fourth-order valence-electron chi connectivity index (χ4n) is 1.95. The third kappa shape index (κ3) is 4.02. The Hall–Kier alpha value is -0.500. The van der Waals surface area contributed by atoms with Crippen LogP contribution in [0.3, 0.4) is 0 Å². The SMILES string of the molecule is CCC(C)CN(CC)c1ccc(CBr)c(C)c1. The fraction of sp³-hybridized carbons (Fsp3) is 0.600. The van der Waals surface area contributed by atoms with Crippen LogP contribution in [0.25, 0.3) is 0 Å². The topological polar surface area (TPSA) is 3.24 Å². The van der Waals surface area contributed by atoms with Gasteiger partial charge in [-0.25, -0.2) is 0 Å². The van der Waals surface area contributed by atoms with Crippen molar-refractivity contribution in [2.24, 2.45) is 5.92 Å². The molecule has 1 aromatic rings. The van der Waals surface area contributed by atoms with Crippen molar-refractivity contribution in [1.82, 2.24) is 0 Å². The molecule has 0 aliphatic carbocycles. The van der Waals surface area contributed by atoms with Gasteiger partial charge in [-0.3, -0.25) is 0 Å². The maximum Gasteiger partial charge on any atom is 0.0369 e. The van der Waals surface area contributed by atoms with Crippen molar-refractivity contribution >= 4 is 21.6 Å². The molecule has 0 saturated carbocycles. The predicted molar refractivity (Wildman–Crippen MR) is 81.2 cm³/mol. The summed E-state index contributed by atoms with van der Waals surface area (Å²) in [5.74, 6) is 0.756. The molecule has 2 heteroatoms. The fourth-order valence-corrected chi connectivity index (χ4v) is 2.58. The number of benzene rings is 1. The van der Waals surface area contributed by atoms with E-state index in [1.807, 2.05) is 0 Å². The van der Waals surface area contributed by atoms with Crippen LogP contribution in [-0.4, -0.2) is 13.1 Å². The molecule has 1 rings (SSSR count). The first-order chi connectivity index (χ1) is 8.12. The second-order valence-corrected chi connectivity index (χ2v) is 5.36. The minimum Gasteiger partial charge on any atom is -0.372 e. The number of nitrogens with zero attached hydrogens (tertiary/aromatic N) is 1. The van der Waals surface area contributed by atoms with E-state index in [1.165, 1.54) is 23.2 Å². The van der Waals surface area contributed by atoms with Crippen molar-refractivity contribution in [3.8, 4) is 0 Å². The molecule has 1 unspecified atom stereocenters. The van der Waals surface area contributed by atoms with Crippen LogP contribution in [0.5, 0.6) is 0 Å². The summed E-state index contributed by atoms with van der Waals surface area (Å²) < 4.78 is 0. The van der Waals surface area contributed by atoms with E-state index in [9.17, 15) is 0 Å². The van der Waals surface area contributed by atoms with Gasteiger partial charge in [-0.15, -0.1) is 0 Å². The number of alkyl halides is 1. The van der Waals surface area contributed by atoms with E-state index >= 15 is 0 Å². The minimum absolute atomic E-state index is 0.756. The Morgan fingerprint density at radius 2 is 2.00 bits per heavy atom. The van der Waals surface area contributed by atoms with Crippen molar-refractivity contribution in [3.05, 3.63) is 29.3 Å². The molecule has 1 atom stereocenters. The van der Waals surface area contributed by atoms with Gasteiger partial charge in [-0.1, -0.05) is 42.3 Å².